The van der Waals surface area contributed by atoms with E-state index in [0.29, 0.717) is 0 Å². The van der Waals surface area contributed by atoms with Gasteiger partial charge in [-0.1, -0.05) is 24.3 Å². The number of aromatic hydroxyl groups is 2. The van der Waals surface area contributed by atoms with Crippen LogP contribution in [-0.2, 0) is 0 Å². The molecule has 0 aliphatic carbocycles. The quantitative estimate of drug-likeness (QED) is 0.220. The molecule has 2 N–H and O–H groups in total. The summed E-state index contributed by atoms with van der Waals surface area (Å²) in [5, 5.41) is 21.8. The highest BCUT2D eigenvalue weighted by atomic mass is 32.1. The number of fused-ring (bicyclic) bond motifs is 4. The van der Waals surface area contributed by atoms with Crippen molar-refractivity contribution in [3.63, 3.8) is 0 Å². The van der Waals surface area contributed by atoms with Crippen LogP contribution < -0.4 is 0 Å². The van der Waals surface area contributed by atoms with Gasteiger partial charge in [0, 0.05) is 18.8 Å². The maximum Gasteiger partial charge on any atom is 0.153 e. The van der Waals surface area contributed by atoms with Crippen LogP contribution >= 0.6 is 45.3 Å². The van der Waals surface area contributed by atoms with E-state index in [-0.39, 0.29) is 11.5 Å². The first kappa shape index (κ1) is 14.5. The van der Waals surface area contributed by atoms with Crippen LogP contribution in [0.15, 0.2) is 48.5 Å². The SMILES string of the molecule is Oc1c2sc3ccccc3sc2c(O)c2sc3ccccc3sc12. The number of phenolic OH excluding ortho intramolecular Hbond substituents is 2. The molecule has 0 radical (unpaired) electrons. The maximum absolute atomic E-state index is 10.9. The molecule has 118 valence electrons. The minimum atomic E-state index is 0.275. The monoisotopic (exact) mass is 386 g/mol. The lowest BCUT2D eigenvalue weighted by molar-refractivity contribution is 0.481. The Labute approximate surface area is 152 Å². The molecule has 24 heavy (non-hydrogen) atoms. The summed E-state index contributed by atoms with van der Waals surface area (Å²) in [6, 6.07) is 16.2. The van der Waals surface area contributed by atoms with E-state index in [1.807, 2.05) is 48.5 Å². The average Bonchev–Trinajstić information content (AvgIpc) is 2.64. The molecule has 6 heteroatoms. The molecule has 0 saturated carbocycles. The molecular formula is C18H10O2S4. The Morgan fingerprint density at radius 2 is 0.708 bits per heavy atom. The van der Waals surface area contributed by atoms with E-state index in [4.69, 9.17) is 0 Å². The highest BCUT2D eigenvalue weighted by Gasteiger charge is 2.17. The number of hydrogen-bond donors (Lipinski definition) is 2. The molecule has 2 heterocycles. The van der Waals surface area contributed by atoms with Gasteiger partial charge in [0.15, 0.2) is 11.5 Å². The Hall–Kier alpha value is -1.86. The number of phenols is 2. The van der Waals surface area contributed by atoms with Crippen LogP contribution in [0.1, 0.15) is 0 Å². The molecular weight excluding hydrogens is 376 g/mol. The molecule has 0 fully saturated rings. The predicted molar refractivity (Wildman–Crippen MR) is 109 cm³/mol. The summed E-state index contributed by atoms with van der Waals surface area (Å²) in [4.78, 5) is 0. The van der Waals surface area contributed by atoms with Gasteiger partial charge in [0.2, 0.25) is 0 Å². The Bertz CT molecular complexity index is 1090. The molecule has 0 saturated heterocycles. The van der Waals surface area contributed by atoms with Crippen LogP contribution in [-0.4, -0.2) is 10.2 Å². The van der Waals surface area contributed by atoms with Gasteiger partial charge in [-0.05, 0) is 24.3 Å². The minimum absolute atomic E-state index is 0.275. The molecule has 0 aliphatic rings. The van der Waals surface area contributed by atoms with Crippen molar-refractivity contribution in [2.24, 2.45) is 0 Å². The van der Waals surface area contributed by atoms with E-state index in [1.165, 1.54) is 45.3 Å². The molecule has 3 aromatic carbocycles. The van der Waals surface area contributed by atoms with E-state index < -0.39 is 0 Å². The Morgan fingerprint density at radius 3 is 0.958 bits per heavy atom. The normalized spacial score (nSPS) is 11.7. The van der Waals surface area contributed by atoms with E-state index in [1.54, 1.807) is 0 Å². The van der Waals surface area contributed by atoms with Crippen molar-refractivity contribution in [3.05, 3.63) is 48.5 Å². The van der Waals surface area contributed by atoms with E-state index in [2.05, 4.69) is 0 Å². The van der Waals surface area contributed by atoms with Gasteiger partial charge in [0.25, 0.3) is 0 Å². The fraction of sp³-hybridized carbons (Fsp3) is 0. The zero-order chi connectivity index (χ0) is 16.3. The first-order chi connectivity index (χ1) is 11.7. The first-order valence-electron chi connectivity index (χ1n) is 7.23. The number of rotatable bonds is 0. The summed E-state index contributed by atoms with van der Waals surface area (Å²) in [7, 11) is 0. The summed E-state index contributed by atoms with van der Waals surface area (Å²) < 4.78 is 7.45. The summed E-state index contributed by atoms with van der Waals surface area (Å²) in [5.41, 5.74) is 0. The molecule has 2 aromatic heterocycles. The van der Waals surface area contributed by atoms with Gasteiger partial charge in [-0.2, -0.15) is 0 Å². The molecule has 5 aromatic rings. The second-order valence-electron chi connectivity index (χ2n) is 5.32. The van der Waals surface area contributed by atoms with Crippen LogP contribution in [0.25, 0.3) is 37.6 Å². The van der Waals surface area contributed by atoms with Gasteiger partial charge in [-0.15, -0.1) is 45.3 Å². The van der Waals surface area contributed by atoms with Gasteiger partial charge >= 0.3 is 0 Å². The highest BCUT2D eigenvalue weighted by Crippen LogP contribution is 2.51. The number of benzene rings is 3. The maximum atomic E-state index is 10.9. The van der Waals surface area contributed by atoms with Crippen LogP contribution in [0.3, 0.4) is 0 Å². The third kappa shape index (κ3) is 2.04. The summed E-state index contributed by atoms with van der Waals surface area (Å²) in [6.45, 7) is 0. The van der Waals surface area contributed by atoms with Crippen molar-refractivity contribution in [1.82, 2.24) is 0 Å². The van der Waals surface area contributed by atoms with Crippen molar-refractivity contribution in [2.75, 3.05) is 0 Å². The first-order valence-corrected chi connectivity index (χ1v) is 10.5. The molecule has 0 aliphatic heterocycles. The molecule has 0 bridgehead atoms. The van der Waals surface area contributed by atoms with Crippen LogP contribution in [0.2, 0.25) is 0 Å². The second kappa shape index (κ2) is 5.32. The zero-order valence-corrected chi connectivity index (χ0v) is 15.4. The summed E-state index contributed by atoms with van der Waals surface area (Å²) in [6.07, 6.45) is 0. The minimum Gasteiger partial charge on any atom is -0.505 e. The highest BCUT2D eigenvalue weighted by molar-refractivity contribution is 7.39. The van der Waals surface area contributed by atoms with Crippen molar-refractivity contribution >= 4 is 82.9 Å². The fourth-order valence-corrected chi connectivity index (χ4v) is 7.51. The Kier molecular flexibility index (Phi) is 3.21. The molecule has 0 spiro atoms. The third-order valence-corrected chi connectivity index (χ3v) is 9.05. The average molecular weight is 387 g/mol. The summed E-state index contributed by atoms with van der Waals surface area (Å²) in [5.74, 6) is 0.550. The predicted octanol–water partition coefficient (Wildman–Crippen LogP) is 7.08. The van der Waals surface area contributed by atoms with Gasteiger partial charge in [0.1, 0.15) is 0 Å². The van der Waals surface area contributed by atoms with Crippen molar-refractivity contribution in [2.45, 2.75) is 0 Å². The van der Waals surface area contributed by atoms with Crippen LogP contribution in [0, 0.1) is 0 Å². The second-order valence-corrected chi connectivity index (χ2v) is 9.52. The van der Waals surface area contributed by atoms with Crippen molar-refractivity contribution < 1.29 is 10.2 Å². The smallest absolute Gasteiger partial charge is 0.153 e. The third-order valence-electron chi connectivity index (χ3n) is 3.82. The van der Waals surface area contributed by atoms with Crippen molar-refractivity contribution in [1.29, 1.82) is 0 Å². The van der Waals surface area contributed by atoms with Gasteiger partial charge in [-0.3, -0.25) is 0 Å². The lowest BCUT2D eigenvalue weighted by atomic mass is 10.3. The van der Waals surface area contributed by atoms with Gasteiger partial charge in [-0.25, -0.2) is 0 Å². The Balaban J connectivity index is 2.04. The van der Waals surface area contributed by atoms with Crippen molar-refractivity contribution in [3.8, 4) is 11.5 Å². The summed E-state index contributed by atoms with van der Waals surface area (Å²) >= 11 is 6.10. The van der Waals surface area contributed by atoms with E-state index in [0.717, 1.165) is 37.6 Å². The topological polar surface area (TPSA) is 40.5 Å². The van der Waals surface area contributed by atoms with E-state index in [9.17, 15) is 10.2 Å². The van der Waals surface area contributed by atoms with E-state index >= 15 is 0 Å². The lowest BCUT2D eigenvalue weighted by Crippen LogP contribution is -1.77. The van der Waals surface area contributed by atoms with Gasteiger partial charge in [0.05, 0.1) is 18.8 Å². The molecule has 0 amide bonds. The van der Waals surface area contributed by atoms with Crippen LogP contribution in [0.5, 0.6) is 11.5 Å². The molecule has 5 rings (SSSR count). The standard InChI is InChI=1S/C18H10O2S4/c19-13-15-16(22-10-6-2-1-5-9(10)21-15)14(20)18-17(13)23-11-7-3-4-8-12(11)24-18/h1-8,19-20H. The molecule has 0 unspecified atom stereocenters. The van der Waals surface area contributed by atoms with Gasteiger partial charge < -0.3 is 10.2 Å². The zero-order valence-electron chi connectivity index (χ0n) is 12.1. The largest absolute Gasteiger partial charge is 0.505 e. The fourth-order valence-electron chi connectivity index (χ4n) is 2.69. The Morgan fingerprint density at radius 1 is 0.458 bits per heavy atom. The molecule has 2 nitrogen and oxygen atoms in total. The molecule has 0 atom stereocenters. The lowest BCUT2D eigenvalue weighted by Gasteiger charge is -2.10. The number of hydrogen-bond acceptors (Lipinski definition) is 6. The van der Waals surface area contributed by atoms with Crippen LogP contribution in [0.4, 0.5) is 0 Å².